The van der Waals surface area contributed by atoms with Crippen molar-refractivity contribution in [2.45, 2.75) is 20.1 Å². The van der Waals surface area contributed by atoms with Gasteiger partial charge >= 0.3 is 0 Å². The van der Waals surface area contributed by atoms with Crippen LogP contribution < -0.4 is 14.8 Å². The van der Waals surface area contributed by atoms with Crippen LogP contribution in [0.2, 0.25) is 20.1 Å². The minimum Gasteiger partial charge on any atom is -0.490 e. The monoisotopic (exact) mass is 469 g/mol. The molecular formula is C22H19Cl4NO2. The molecule has 3 nitrogen and oxygen atoms in total. The molecule has 0 heterocycles. The Kier molecular flexibility index (Phi) is 7.79. The number of hydrogen-bond acceptors (Lipinski definition) is 3. The van der Waals surface area contributed by atoms with Gasteiger partial charge in [-0.05, 0) is 42.8 Å². The van der Waals surface area contributed by atoms with Gasteiger partial charge in [0.15, 0.2) is 11.5 Å². The van der Waals surface area contributed by atoms with Crippen LogP contribution in [0.1, 0.15) is 18.1 Å². The van der Waals surface area contributed by atoms with E-state index in [1.165, 1.54) is 0 Å². The number of rotatable bonds is 8. The lowest BCUT2D eigenvalue weighted by molar-refractivity contribution is 0.269. The van der Waals surface area contributed by atoms with Gasteiger partial charge in [0.25, 0.3) is 0 Å². The molecule has 1 N–H and O–H groups in total. The second-order valence-electron chi connectivity index (χ2n) is 6.19. The summed E-state index contributed by atoms with van der Waals surface area (Å²) in [5.41, 5.74) is 2.59. The molecular weight excluding hydrogens is 452 g/mol. The molecule has 29 heavy (non-hydrogen) atoms. The first kappa shape index (κ1) is 21.9. The van der Waals surface area contributed by atoms with Gasteiger partial charge in [-0.15, -0.1) is 0 Å². The van der Waals surface area contributed by atoms with Crippen molar-refractivity contribution >= 4 is 52.1 Å². The average molecular weight is 471 g/mol. The maximum atomic E-state index is 6.49. The zero-order valence-corrected chi connectivity index (χ0v) is 18.7. The summed E-state index contributed by atoms with van der Waals surface area (Å²) in [6, 6.07) is 16.5. The molecule has 0 aliphatic carbocycles. The van der Waals surface area contributed by atoms with E-state index in [-0.39, 0.29) is 0 Å². The van der Waals surface area contributed by atoms with E-state index in [1.54, 1.807) is 18.2 Å². The fourth-order valence-corrected chi connectivity index (χ4v) is 3.38. The van der Waals surface area contributed by atoms with Gasteiger partial charge in [-0.3, -0.25) is 0 Å². The molecule has 0 saturated heterocycles. The minimum atomic E-state index is 0.316. The van der Waals surface area contributed by atoms with E-state index in [0.29, 0.717) is 51.3 Å². The van der Waals surface area contributed by atoms with Crippen LogP contribution in [0.15, 0.2) is 54.6 Å². The van der Waals surface area contributed by atoms with Gasteiger partial charge < -0.3 is 14.8 Å². The largest absolute Gasteiger partial charge is 0.490 e. The third-order valence-corrected chi connectivity index (χ3v) is 5.62. The maximum absolute atomic E-state index is 6.49. The molecule has 0 atom stereocenters. The van der Waals surface area contributed by atoms with Crippen LogP contribution in [0.3, 0.4) is 0 Å². The predicted molar refractivity (Wildman–Crippen MR) is 122 cm³/mol. The number of nitrogens with one attached hydrogen (secondary N) is 1. The molecule has 0 saturated carbocycles. The molecule has 0 bridgehead atoms. The van der Waals surface area contributed by atoms with E-state index >= 15 is 0 Å². The Morgan fingerprint density at radius 1 is 0.724 bits per heavy atom. The molecule has 0 aliphatic rings. The molecule has 3 aromatic rings. The molecule has 0 aliphatic heterocycles. The Morgan fingerprint density at radius 3 is 2.21 bits per heavy atom. The lowest BCUT2D eigenvalue weighted by Gasteiger charge is -2.16. The standard InChI is InChI=1S/C22H19Cl4NO2/c1-2-28-21-9-15(12-27-16-7-8-18(24)20(26)10-16)19(25)11-22(21)29-13-14-5-3-4-6-17(14)23/h3-11,27H,2,12-13H2,1H3. The van der Waals surface area contributed by atoms with Gasteiger partial charge in [-0.2, -0.15) is 0 Å². The predicted octanol–water partition coefficient (Wildman–Crippen LogP) is 7.89. The number of anilines is 1. The topological polar surface area (TPSA) is 30.5 Å². The third kappa shape index (κ3) is 5.86. The number of benzene rings is 3. The zero-order valence-electron chi connectivity index (χ0n) is 15.6. The highest BCUT2D eigenvalue weighted by Crippen LogP contribution is 2.35. The van der Waals surface area contributed by atoms with Crippen LogP contribution in [0, 0.1) is 0 Å². The van der Waals surface area contributed by atoms with Crippen molar-refractivity contribution < 1.29 is 9.47 Å². The first-order valence-corrected chi connectivity index (χ1v) is 10.5. The lowest BCUT2D eigenvalue weighted by Crippen LogP contribution is -2.04. The van der Waals surface area contributed by atoms with Gasteiger partial charge in [-0.1, -0.05) is 64.6 Å². The van der Waals surface area contributed by atoms with Crippen LogP contribution in [0.25, 0.3) is 0 Å². The van der Waals surface area contributed by atoms with Crippen LogP contribution >= 0.6 is 46.4 Å². The summed E-state index contributed by atoms with van der Waals surface area (Å²) in [5, 5.41) is 5.49. The van der Waals surface area contributed by atoms with Crippen molar-refractivity contribution in [1.82, 2.24) is 0 Å². The molecule has 3 aromatic carbocycles. The zero-order chi connectivity index (χ0) is 20.8. The Bertz CT molecular complexity index is 995. The summed E-state index contributed by atoms with van der Waals surface area (Å²) in [7, 11) is 0. The Morgan fingerprint density at radius 2 is 1.48 bits per heavy atom. The number of hydrogen-bond donors (Lipinski definition) is 1. The highest BCUT2D eigenvalue weighted by molar-refractivity contribution is 6.42. The van der Waals surface area contributed by atoms with Crippen molar-refractivity contribution in [2.75, 3.05) is 11.9 Å². The fraction of sp³-hybridized carbons (Fsp3) is 0.182. The smallest absolute Gasteiger partial charge is 0.163 e. The molecule has 0 spiro atoms. The Balaban J connectivity index is 1.76. The number of ether oxygens (including phenoxy) is 2. The molecule has 7 heteroatoms. The first-order valence-electron chi connectivity index (χ1n) is 8.98. The normalized spacial score (nSPS) is 10.7. The van der Waals surface area contributed by atoms with Crippen molar-refractivity contribution in [2.24, 2.45) is 0 Å². The summed E-state index contributed by atoms with van der Waals surface area (Å²) in [6.45, 7) is 3.22. The van der Waals surface area contributed by atoms with Crippen molar-refractivity contribution in [3.05, 3.63) is 85.8 Å². The van der Waals surface area contributed by atoms with E-state index in [9.17, 15) is 0 Å². The highest BCUT2D eigenvalue weighted by atomic mass is 35.5. The quantitative estimate of drug-likeness (QED) is 0.363. The summed E-state index contributed by atoms with van der Waals surface area (Å²) in [4.78, 5) is 0. The molecule has 0 amide bonds. The Labute approximate surface area is 190 Å². The van der Waals surface area contributed by atoms with Crippen LogP contribution in [0.5, 0.6) is 11.5 Å². The molecule has 3 rings (SSSR count). The first-order chi connectivity index (χ1) is 14.0. The molecule has 0 unspecified atom stereocenters. The van der Waals surface area contributed by atoms with Gasteiger partial charge in [0.2, 0.25) is 0 Å². The molecule has 0 aromatic heterocycles. The van der Waals surface area contributed by atoms with Crippen LogP contribution in [0.4, 0.5) is 5.69 Å². The van der Waals surface area contributed by atoms with Crippen LogP contribution in [-0.4, -0.2) is 6.61 Å². The average Bonchev–Trinajstić information content (AvgIpc) is 2.70. The van der Waals surface area contributed by atoms with E-state index in [1.807, 2.05) is 43.3 Å². The van der Waals surface area contributed by atoms with E-state index in [4.69, 9.17) is 55.9 Å². The third-order valence-electron chi connectivity index (χ3n) is 4.16. The van der Waals surface area contributed by atoms with Gasteiger partial charge in [0.1, 0.15) is 6.61 Å². The SMILES string of the molecule is CCOc1cc(CNc2ccc(Cl)c(Cl)c2)c(Cl)cc1OCc1ccccc1Cl. The minimum absolute atomic E-state index is 0.316. The van der Waals surface area contributed by atoms with E-state index in [0.717, 1.165) is 16.8 Å². The van der Waals surface area contributed by atoms with Crippen LogP contribution in [-0.2, 0) is 13.2 Å². The van der Waals surface area contributed by atoms with E-state index in [2.05, 4.69) is 5.32 Å². The Hall–Kier alpha value is -1.78. The molecule has 0 fully saturated rings. The van der Waals surface area contributed by atoms with Gasteiger partial charge in [0.05, 0.1) is 16.7 Å². The van der Waals surface area contributed by atoms with Gasteiger partial charge in [0, 0.05) is 33.9 Å². The van der Waals surface area contributed by atoms with Gasteiger partial charge in [-0.25, -0.2) is 0 Å². The highest BCUT2D eigenvalue weighted by Gasteiger charge is 2.12. The lowest BCUT2D eigenvalue weighted by atomic mass is 10.2. The second kappa shape index (κ2) is 10.3. The van der Waals surface area contributed by atoms with Crippen molar-refractivity contribution in [1.29, 1.82) is 0 Å². The number of halogens is 4. The fourth-order valence-electron chi connectivity index (χ4n) is 2.67. The molecule has 152 valence electrons. The summed E-state index contributed by atoms with van der Waals surface area (Å²) < 4.78 is 11.7. The van der Waals surface area contributed by atoms with Crippen molar-refractivity contribution in [3.8, 4) is 11.5 Å². The van der Waals surface area contributed by atoms with Crippen molar-refractivity contribution in [3.63, 3.8) is 0 Å². The van der Waals surface area contributed by atoms with E-state index < -0.39 is 0 Å². The second-order valence-corrected chi connectivity index (χ2v) is 7.81. The summed E-state index contributed by atoms with van der Waals surface area (Å²) in [6.07, 6.45) is 0. The maximum Gasteiger partial charge on any atom is 0.163 e. The summed E-state index contributed by atoms with van der Waals surface area (Å²) >= 11 is 24.7. The summed E-state index contributed by atoms with van der Waals surface area (Å²) in [5.74, 6) is 1.19. The molecule has 0 radical (unpaired) electrons.